The van der Waals surface area contributed by atoms with E-state index in [1.807, 2.05) is 30.0 Å². The van der Waals surface area contributed by atoms with Gasteiger partial charge in [-0.3, -0.25) is 9.56 Å². The van der Waals surface area contributed by atoms with Crippen LogP contribution in [0.3, 0.4) is 0 Å². The third-order valence-corrected chi connectivity index (χ3v) is 3.24. The predicted molar refractivity (Wildman–Crippen MR) is 105 cm³/mol. The monoisotopic (exact) mass is 428 g/mol. The molecule has 0 atom stereocenters. The minimum atomic E-state index is 0. The zero-order valence-electron chi connectivity index (χ0n) is 14.1. The van der Waals surface area contributed by atoms with Crippen molar-refractivity contribution < 1.29 is 0 Å². The topological polar surface area (TPSA) is 67.1 Å². The fraction of sp³-hybridized carbons (Fsp3) is 0.438. The van der Waals surface area contributed by atoms with E-state index in [4.69, 9.17) is 0 Å². The summed E-state index contributed by atoms with van der Waals surface area (Å²) in [4.78, 5) is 12.9. The first-order chi connectivity index (χ1) is 10.6. The van der Waals surface area contributed by atoms with Crippen LogP contribution in [0.15, 0.2) is 35.7 Å². The summed E-state index contributed by atoms with van der Waals surface area (Å²) in [5.74, 6) is 3.19. The SMILES string of the molecule is CN=C(NCc1ccc(-n2ccnc2C)nc1)NCC(C)C.I. The number of aromatic nitrogens is 3. The molecule has 2 N–H and O–H groups in total. The second-order valence-corrected chi connectivity index (χ2v) is 5.57. The molecule has 7 heteroatoms. The van der Waals surface area contributed by atoms with Gasteiger partial charge in [0, 0.05) is 38.7 Å². The van der Waals surface area contributed by atoms with Crippen molar-refractivity contribution >= 4 is 29.9 Å². The molecule has 0 amide bonds. The molecule has 2 aromatic heterocycles. The lowest BCUT2D eigenvalue weighted by Gasteiger charge is -2.13. The first-order valence-corrected chi connectivity index (χ1v) is 7.50. The Bertz CT molecular complexity index is 618. The summed E-state index contributed by atoms with van der Waals surface area (Å²) >= 11 is 0. The number of rotatable bonds is 5. The molecule has 0 unspecified atom stereocenters. The number of hydrogen-bond donors (Lipinski definition) is 2. The number of nitrogens with one attached hydrogen (secondary N) is 2. The quantitative estimate of drug-likeness (QED) is 0.437. The number of aryl methyl sites for hydroxylation is 1. The van der Waals surface area contributed by atoms with Crippen LogP contribution in [0, 0.1) is 12.8 Å². The highest BCUT2D eigenvalue weighted by molar-refractivity contribution is 14.0. The Morgan fingerprint density at radius 1 is 1.26 bits per heavy atom. The summed E-state index contributed by atoms with van der Waals surface area (Å²) < 4.78 is 1.96. The van der Waals surface area contributed by atoms with Gasteiger partial charge in [-0.05, 0) is 24.5 Å². The largest absolute Gasteiger partial charge is 0.356 e. The maximum Gasteiger partial charge on any atom is 0.191 e. The van der Waals surface area contributed by atoms with Crippen molar-refractivity contribution in [3.8, 4) is 5.82 Å². The van der Waals surface area contributed by atoms with Crippen molar-refractivity contribution in [1.82, 2.24) is 25.2 Å². The normalized spacial score (nSPS) is 11.3. The standard InChI is InChI=1S/C16H24N6.HI/c1-12(2)9-20-16(17-4)21-11-14-5-6-15(19-10-14)22-8-7-18-13(22)3;/h5-8,10,12H,9,11H2,1-4H3,(H2,17,20,21);1H. The molecule has 2 rings (SSSR count). The van der Waals surface area contributed by atoms with Gasteiger partial charge in [-0.25, -0.2) is 9.97 Å². The fourth-order valence-corrected chi connectivity index (χ4v) is 1.99. The maximum absolute atomic E-state index is 4.48. The van der Waals surface area contributed by atoms with E-state index in [-0.39, 0.29) is 24.0 Å². The predicted octanol–water partition coefficient (Wildman–Crippen LogP) is 2.51. The first-order valence-electron chi connectivity index (χ1n) is 7.50. The Morgan fingerprint density at radius 3 is 2.57 bits per heavy atom. The molecule has 0 aliphatic carbocycles. The van der Waals surface area contributed by atoms with E-state index in [1.54, 1.807) is 13.2 Å². The minimum Gasteiger partial charge on any atom is -0.356 e. The Labute approximate surface area is 154 Å². The molecule has 0 saturated carbocycles. The van der Waals surface area contributed by atoms with Crippen molar-refractivity contribution in [2.75, 3.05) is 13.6 Å². The smallest absolute Gasteiger partial charge is 0.191 e. The summed E-state index contributed by atoms with van der Waals surface area (Å²) in [7, 11) is 1.78. The van der Waals surface area contributed by atoms with E-state index in [0.717, 1.165) is 29.7 Å². The van der Waals surface area contributed by atoms with Gasteiger partial charge in [-0.1, -0.05) is 19.9 Å². The van der Waals surface area contributed by atoms with Gasteiger partial charge in [0.05, 0.1) is 0 Å². The van der Waals surface area contributed by atoms with Gasteiger partial charge >= 0.3 is 0 Å². The average Bonchev–Trinajstić information content (AvgIpc) is 2.94. The maximum atomic E-state index is 4.48. The first kappa shape index (κ1) is 19.4. The number of nitrogens with zero attached hydrogens (tertiary/aromatic N) is 4. The molecule has 2 aromatic rings. The molecule has 2 heterocycles. The van der Waals surface area contributed by atoms with Crippen LogP contribution in [-0.4, -0.2) is 34.1 Å². The molecule has 23 heavy (non-hydrogen) atoms. The second kappa shape index (κ2) is 9.49. The van der Waals surface area contributed by atoms with Crippen LogP contribution >= 0.6 is 24.0 Å². The van der Waals surface area contributed by atoms with Crippen LogP contribution in [0.2, 0.25) is 0 Å². The number of imidazole rings is 1. The van der Waals surface area contributed by atoms with Crippen molar-refractivity contribution in [3.63, 3.8) is 0 Å². The fourth-order valence-electron chi connectivity index (χ4n) is 1.99. The van der Waals surface area contributed by atoms with Crippen molar-refractivity contribution in [2.24, 2.45) is 10.9 Å². The van der Waals surface area contributed by atoms with E-state index in [1.165, 1.54) is 0 Å². The Kier molecular flexibility index (Phi) is 8.01. The van der Waals surface area contributed by atoms with Crippen LogP contribution in [0.5, 0.6) is 0 Å². The summed E-state index contributed by atoms with van der Waals surface area (Å²) in [6, 6.07) is 4.06. The lowest BCUT2D eigenvalue weighted by atomic mass is 10.2. The lowest BCUT2D eigenvalue weighted by Crippen LogP contribution is -2.38. The van der Waals surface area contributed by atoms with Gasteiger partial charge in [0.15, 0.2) is 5.96 Å². The third-order valence-electron chi connectivity index (χ3n) is 3.24. The lowest BCUT2D eigenvalue weighted by molar-refractivity contribution is 0.614. The van der Waals surface area contributed by atoms with Gasteiger partial charge in [0.1, 0.15) is 11.6 Å². The molecule has 0 radical (unpaired) electrons. The summed E-state index contributed by atoms with van der Waals surface area (Å²) in [6.45, 7) is 7.88. The number of aliphatic imine (C=N–C) groups is 1. The molecule has 0 fully saturated rings. The van der Waals surface area contributed by atoms with E-state index in [0.29, 0.717) is 12.5 Å². The highest BCUT2D eigenvalue weighted by Crippen LogP contribution is 2.08. The van der Waals surface area contributed by atoms with Gasteiger partial charge in [-0.15, -0.1) is 24.0 Å². The average molecular weight is 428 g/mol. The highest BCUT2D eigenvalue weighted by atomic mass is 127. The molecular weight excluding hydrogens is 403 g/mol. The Hall–Kier alpha value is -1.64. The van der Waals surface area contributed by atoms with E-state index in [2.05, 4.69) is 45.5 Å². The molecule has 0 aliphatic rings. The molecule has 126 valence electrons. The zero-order valence-corrected chi connectivity index (χ0v) is 16.4. The summed E-state index contributed by atoms with van der Waals surface area (Å²) in [5.41, 5.74) is 1.11. The van der Waals surface area contributed by atoms with Gasteiger partial charge in [0.25, 0.3) is 0 Å². The third kappa shape index (κ3) is 5.81. The van der Waals surface area contributed by atoms with Crippen molar-refractivity contribution in [1.29, 1.82) is 0 Å². The molecule has 0 spiro atoms. The number of guanidine groups is 1. The summed E-state index contributed by atoms with van der Waals surface area (Å²) in [6.07, 6.45) is 5.56. The zero-order chi connectivity index (χ0) is 15.9. The van der Waals surface area contributed by atoms with Gasteiger partial charge in [0.2, 0.25) is 0 Å². The van der Waals surface area contributed by atoms with Crippen LogP contribution in [-0.2, 0) is 6.54 Å². The second-order valence-electron chi connectivity index (χ2n) is 5.57. The van der Waals surface area contributed by atoms with E-state index < -0.39 is 0 Å². The number of hydrogen-bond acceptors (Lipinski definition) is 3. The minimum absolute atomic E-state index is 0. The van der Waals surface area contributed by atoms with Crippen LogP contribution in [0.25, 0.3) is 5.82 Å². The molecule has 0 aromatic carbocycles. The Morgan fingerprint density at radius 2 is 2.04 bits per heavy atom. The molecular formula is C16H25IN6. The van der Waals surface area contributed by atoms with E-state index >= 15 is 0 Å². The Balaban J connectivity index is 0.00000264. The van der Waals surface area contributed by atoms with E-state index in [9.17, 15) is 0 Å². The number of pyridine rings is 1. The van der Waals surface area contributed by atoms with Crippen LogP contribution < -0.4 is 10.6 Å². The highest BCUT2D eigenvalue weighted by Gasteiger charge is 2.03. The summed E-state index contributed by atoms with van der Waals surface area (Å²) in [5, 5.41) is 6.57. The van der Waals surface area contributed by atoms with Crippen LogP contribution in [0.1, 0.15) is 25.2 Å². The molecule has 0 aliphatic heterocycles. The van der Waals surface area contributed by atoms with Crippen LogP contribution in [0.4, 0.5) is 0 Å². The van der Waals surface area contributed by atoms with Gasteiger partial charge < -0.3 is 10.6 Å². The van der Waals surface area contributed by atoms with Gasteiger partial charge in [-0.2, -0.15) is 0 Å². The number of halogens is 1. The molecule has 6 nitrogen and oxygen atoms in total. The van der Waals surface area contributed by atoms with Crippen molar-refractivity contribution in [3.05, 3.63) is 42.1 Å². The molecule has 0 saturated heterocycles. The molecule has 0 bridgehead atoms. The van der Waals surface area contributed by atoms with Crippen molar-refractivity contribution in [2.45, 2.75) is 27.3 Å².